The van der Waals surface area contributed by atoms with Crippen LogP contribution in [0, 0.1) is 0 Å². The lowest BCUT2D eigenvalue weighted by Crippen LogP contribution is -2.37. The lowest BCUT2D eigenvalue weighted by Gasteiger charge is -2.37. The summed E-state index contributed by atoms with van der Waals surface area (Å²) in [4.78, 5) is 12.3. The Morgan fingerprint density at radius 3 is 2.47 bits per heavy atom. The number of ether oxygens (including phenoxy) is 1. The van der Waals surface area contributed by atoms with Gasteiger partial charge in [-0.3, -0.25) is 0 Å². The van der Waals surface area contributed by atoms with Crippen molar-refractivity contribution in [2.24, 2.45) is 0 Å². The summed E-state index contributed by atoms with van der Waals surface area (Å²) in [6, 6.07) is 9.36. The molecule has 0 heterocycles. The van der Waals surface area contributed by atoms with Crippen LogP contribution in [0.5, 0.6) is 0 Å². The predicted molar refractivity (Wildman–Crippen MR) is 77.2 cm³/mol. The minimum Gasteiger partial charge on any atom is -0.455 e. The number of benzene rings is 1. The molecule has 0 spiro atoms. The molecule has 0 atom stereocenters. The van der Waals surface area contributed by atoms with E-state index < -0.39 is 0 Å². The Morgan fingerprint density at radius 1 is 1.16 bits per heavy atom. The number of carbonyl (C=O) groups excluding carboxylic acids is 1. The van der Waals surface area contributed by atoms with E-state index in [2.05, 4.69) is 6.92 Å². The molecule has 0 N–H and O–H groups in total. The smallest absolute Gasteiger partial charge is 0.338 e. The van der Waals surface area contributed by atoms with Crippen LogP contribution in [-0.2, 0) is 4.74 Å². The second-order valence-corrected chi connectivity index (χ2v) is 5.60. The van der Waals surface area contributed by atoms with Crippen LogP contribution in [0.1, 0.15) is 68.6 Å². The molecule has 0 amide bonds. The molecule has 0 bridgehead atoms. The van der Waals surface area contributed by atoms with Crippen LogP contribution in [-0.4, -0.2) is 11.6 Å². The van der Waals surface area contributed by atoms with Gasteiger partial charge in [0.25, 0.3) is 0 Å². The van der Waals surface area contributed by atoms with Crippen molar-refractivity contribution in [1.82, 2.24) is 0 Å². The lowest BCUT2D eigenvalue weighted by atomic mass is 9.81. The van der Waals surface area contributed by atoms with Gasteiger partial charge in [-0.05, 0) is 50.7 Å². The third-order valence-corrected chi connectivity index (χ3v) is 4.07. The largest absolute Gasteiger partial charge is 0.455 e. The summed E-state index contributed by atoms with van der Waals surface area (Å²) < 4.78 is 5.93. The highest BCUT2D eigenvalue weighted by molar-refractivity contribution is 5.89. The van der Waals surface area contributed by atoms with Gasteiger partial charge in [0.2, 0.25) is 0 Å². The van der Waals surface area contributed by atoms with Crippen molar-refractivity contribution in [3.63, 3.8) is 0 Å². The normalized spacial score (nSPS) is 17.9. The summed E-state index contributed by atoms with van der Waals surface area (Å²) in [6.45, 7) is 2.19. The molecule has 1 aliphatic rings. The molecule has 1 aromatic carbocycles. The summed E-state index contributed by atoms with van der Waals surface area (Å²) in [7, 11) is 0. The van der Waals surface area contributed by atoms with Crippen LogP contribution < -0.4 is 0 Å². The maximum Gasteiger partial charge on any atom is 0.338 e. The quantitative estimate of drug-likeness (QED) is 0.715. The predicted octanol–water partition coefficient (Wildman–Crippen LogP) is 4.74. The number of carbonyl (C=O) groups is 1. The van der Waals surface area contributed by atoms with E-state index >= 15 is 0 Å². The fraction of sp³-hybridized carbons (Fsp3) is 0.588. The molecule has 19 heavy (non-hydrogen) atoms. The molecule has 104 valence electrons. The number of hydrogen-bond acceptors (Lipinski definition) is 2. The van der Waals surface area contributed by atoms with Gasteiger partial charge in [0.1, 0.15) is 5.60 Å². The second-order valence-electron chi connectivity index (χ2n) is 5.60. The summed E-state index contributed by atoms with van der Waals surface area (Å²) in [5.74, 6) is -0.154. The van der Waals surface area contributed by atoms with Crippen LogP contribution in [0.3, 0.4) is 0 Å². The van der Waals surface area contributed by atoms with E-state index in [0.717, 1.165) is 32.1 Å². The van der Waals surface area contributed by atoms with Gasteiger partial charge in [-0.2, -0.15) is 0 Å². The molecule has 0 unspecified atom stereocenters. The summed E-state index contributed by atoms with van der Waals surface area (Å²) in [5.41, 5.74) is 0.477. The zero-order chi connectivity index (χ0) is 13.6. The monoisotopic (exact) mass is 260 g/mol. The Kier molecular flexibility index (Phi) is 5.00. The molecule has 0 radical (unpaired) electrons. The maximum absolute atomic E-state index is 12.3. The van der Waals surface area contributed by atoms with Gasteiger partial charge in [0.05, 0.1) is 5.56 Å². The molecule has 0 saturated heterocycles. The number of hydrogen-bond donors (Lipinski definition) is 0. The maximum atomic E-state index is 12.3. The van der Waals surface area contributed by atoms with Crippen molar-refractivity contribution in [3.05, 3.63) is 35.9 Å². The van der Waals surface area contributed by atoms with Gasteiger partial charge >= 0.3 is 5.97 Å². The minimum absolute atomic E-state index is 0.154. The van der Waals surface area contributed by atoms with E-state index in [1.54, 1.807) is 0 Å². The molecule has 1 aliphatic carbocycles. The second kappa shape index (κ2) is 6.74. The zero-order valence-electron chi connectivity index (χ0n) is 11.9. The van der Waals surface area contributed by atoms with Crippen LogP contribution in [0.2, 0.25) is 0 Å². The first kappa shape index (κ1) is 14.1. The Hall–Kier alpha value is -1.31. The summed E-state index contributed by atoms with van der Waals surface area (Å²) >= 11 is 0. The summed E-state index contributed by atoms with van der Waals surface area (Å²) in [6.07, 6.45) is 9.03. The van der Waals surface area contributed by atoms with Crippen LogP contribution in [0.4, 0.5) is 0 Å². The third-order valence-electron chi connectivity index (χ3n) is 4.07. The van der Waals surface area contributed by atoms with Crippen LogP contribution in [0.25, 0.3) is 0 Å². The Balaban J connectivity index is 2.05. The molecule has 0 aromatic heterocycles. The van der Waals surface area contributed by atoms with Crippen molar-refractivity contribution in [2.75, 3.05) is 0 Å². The first-order valence-electron chi connectivity index (χ1n) is 7.54. The summed E-state index contributed by atoms with van der Waals surface area (Å²) in [5, 5.41) is 0. The fourth-order valence-corrected chi connectivity index (χ4v) is 2.93. The van der Waals surface area contributed by atoms with Gasteiger partial charge in [0, 0.05) is 0 Å². The topological polar surface area (TPSA) is 26.3 Å². The molecule has 2 rings (SSSR count). The number of rotatable bonds is 5. The minimum atomic E-state index is -0.193. The van der Waals surface area contributed by atoms with E-state index in [4.69, 9.17) is 4.74 Å². The van der Waals surface area contributed by atoms with E-state index in [0.29, 0.717) is 5.56 Å². The number of esters is 1. The lowest BCUT2D eigenvalue weighted by molar-refractivity contribution is -0.0434. The van der Waals surface area contributed by atoms with Crippen LogP contribution >= 0.6 is 0 Å². The highest BCUT2D eigenvalue weighted by Crippen LogP contribution is 2.36. The fourth-order valence-electron chi connectivity index (χ4n) is 2.93. The van der Waals surface area contributed by atoms with Gasteiger partial charge in [-0.1, -0.05) is 38.0 Å². The first-order valence-corrected chi connectivity index (χ1v) is 7.54. The van der Waals surface area contributed by atoms with Crippen molar-refractivity contribution >= 4 is 5.97 Å². The van der Waals surface area contributed by atoms with Crippen molar-refractivity contribution in [3.8, 4) is 0 Å². The molecular formula is C17H24O2. The average molecular weight is 260 g/mol. The zero-order valence-corrected chi connectivity index (χ0v) is 11.9. The molecule has 1 aromatic rings. The van der Waals surface area contributed by atoms with E-state index in [1.165, 1.54) is 19.3 Å². The molecule has 1 fully saturated rings. The van der Waals surface area contributed by atoms with Gasteiger partial charge in [0.15, 0.2) is 0 Å². The third kappa shape index (κ3) is 3.82. The molecule has 2 heteroatoms. The molecule has 0 aliphatic heterocycles. The van der Waals surface area contributed by atoms with E-state index in [9.17, 15) is 4.79 Å². The van der Waals surface area contributed by atoms with Gasteiger partial charge in [-0.15, -0.1) is 0 Å². The van der Waals surface area contributed by atoms with Crippen LogP contribution in [0.15, 0.2) is 30.3 Å². The van der Waals surface area contributed by atoms with Crippen molar-refractivity contribution in [1.29, 1.82) is 0 Å². The highest BCUT2D eigenvalue weighted by Gasteiger charge is 2.35. The van der Waals surface area contributed by atoms with E-state index in [1.807, 2.05) is 30.3 Å². The number of unbranched alkanes of at least 4 members (excludes halogenated alkanes) is 1. The van der Waals surface area contributed by atoms with Crippen molar-refractivity contribution < 1.29 is 9.53 Å². The van der Waals surface area contributed by atoms with Gasteiger partial charge in [-0.25, -0.2) is 4.79 Å². The standard InChI is InChI=1S/C17H24O2/c1-2-3-12-17(13-8-5-9-14-17)19-16(18)15-10-6-4-7-11-15/h4,6-7,10-11H,2-3,5,8-9,12-14H2,1H3. The van der Waals surface area contributed by atoms with Gasteiger partial charge < -0.3 is 4.74 Å². The van der Waals surface area contributed by atoms with E-state index in [-0.39, 0.29) is 11.6 Å². The Bertz CT molecular complexity index is 391. The SMILES string of the molecule is CCCCC1(OC(=O)c2ccccc2)CCCCC1. The highest BCUT2D eigenvalue weighted by atomic mass is 16.6. The first-order chi connectivity index (χ1) is 9.26. The molecule has 2 nitrogen and oxygen atoms in total. The molecular weight excluding hydrogens is 236 g/mol. The Morgan fingerprint density at radius 2 is 1.84 bits per heavy atom. The molecule has 1 saturated carbocycles. The Labute approximate surface area is 116 Å². The average Bonchev–Trinajstić information content (AvgIpc) is 2.47. The van der Waals surface area contributed by atoms with Crippen molar-refractivity contribution in [2.45, 2.75) is 63.9 Å².